The number of ether oxygens (including phenoxy) is 1. The summed E-state index contributed by atoms with van der Waals surface area (Å²) in [6, 6.07) is 9.39. The number of benzene rings is 1. The SMILES string of the molecule is N#C/C(=C(/O)COC(=O)[C@@H]1CC(=O)N(C2CCCC2)C1)c1nc2ccccc2[nH]1. The molecule has 8 heteroatoms. The number of imidazole rings is 1. The third-order valence-corrected chi connectivity index (χ3v) is 5.63. The lowest BCUT2D eigenvalue weighted by molar-refractivity contribution is -0.148. The normalized spacial score (nSPS) is 20.7. The van der Waals surface area contributed by atoms with Gasteiger partial charge in [0, 0.05) is 19.0 Å². The highest BCUT2D eigenvalue weighted by atomic mass is 16.5. The number of aromatic amines is 1. The molecule has 0 radical (unpaired) electrons. The Morgan fingerprint density at radius 1 is 1.34 bits per heavy atom. The smallest absolute Gasteiger partial charge is 0.311 e. The van der Waals surface area contributed by atoms with Gasteiger partial charge in [-0.25, -0.2) is 4.98 Å². The number of hydrogen-bond acceptors (Lipinski definition) is 6. The van der Waals surface area contributed by atoms with Gasteiger partial charge in [-0.15, -0.1) is 0 Å². The largest absolute Gasteiger partial charge is 0.507 e. The number of rotatable bonds is 5. The van der Waals surface area contributed by atoms with Gasteiger partial charge < -0.3 is 19.7 Å². The first kappa shape index (κ1) is 19.0. The van der Waals surface area contributed by atoms with Crippen LogP contribution in [0.25, 0.3) is 16.6 Å². The number of aliphatic hydroxyl groups is 1. The van der Waals surface area contributed by atoms with E-state index in [9.17, 15) is 20.0 Å². The van der Waals surface area contributed by atoms with Gasteiger partial charge in [0.25, 0.3) is 0 Å². The van der Waals surface area contributed by atoms with Crippen molar-refractivity contribution in [3.8, 4) is 6.07 Å². The lowest BCUT2D eigenvalue weighted by Gasteiger charge is -2.23. The second kappa shape index (κ2) is 7.95. The number of para-hydroxylation sites is 2. The number of likely N-dealkylation sites (tertiary alicyclic amines) is 1. The molecule has 150 valence electrons. The number of carbonyl (C=O) groups excluding carboxylic acids is 2. The topological polar surface area (TPSA) is 119 Å². The van der Waals surface area contributed by atoms with Crippen molar-refractivity contribution in [2.24, 2.45) is 5.92 Å². The summed E-state index contributed by atoms with van der Waals surface area (Å²) < 4.78 is 5.21. The van der Waals surface area contributed by atoms with E-state index in [0.717, 1.165) is 31.2 Å². The first-order chi connectivity index (χ1) is 14.1. The van der Waals surface area contributed by atoms with Gasteiger partial charge in [0.05, 0.1) is 17.0 Å². The van der Waals surface area contributed by atoms with Crippen LogP contribution in [0.5, 0.6) is 0 Å². The Morgan fingerprint density at radius 3 is 2.83 bits per heavy atom. The molecule has 8 nitrogen and oxygen atoms in total. The first-order valence-corrected chi connectivity index (χ1v) is 9.80. The van der Waals surface area contributed by atoms with Crippen molar-refractivity contribution in [3.05, 3.63) is 35.8 Å². The summed E-state index contributed by atoms with van der Waals surface area (Å²) in [6.07, 6.45) is 4.33. The number of aliphatic hydroxyl groups excluding tert-OH is 1. The fourth-order valence-electron chi connectivity index (χ4n) is 4.11. The van der Waals surface area contributed by atoms with E-state index in [1.54, 1.807) is 11.0 Å². The molecule has 4 rings (SSSR count). The maximum absolute atomic E-state index is 12.4. The lowest BCUT2D eigenvalue weighted by atomic mass is 10.1. The maximum Gasteiger partial charge on any atom is 0.311 e. The third kappa shape index (κ3) is 3.81. The highest BCUT2D eigenvalue weighted by Gasteiger charge is 2.39. The summed E-state index contributed by atoms with van der Waals surface area (Å²) in [7, 11) is 0. The van der Waals surface area contributed by atoms with Gasteiger partial charge in [0.1, 0.15) is 18.2 Å². The number of nitrogens with zero attached hydrogens (tertiary/aromatic N) is 3. The van der Waals surface area contributed by atoms with Crippen molar-refractivity contribution in [1.82, 2.24) is 14.9 Å². The summed E-state index contributed by atoms with van der Waals surface area (Å²) in [4.78, 5) is 33.7. The number of H-pyrrole nitrogens is 1. The molecule has 2 N–H and O–H groups in total. The second-order valence-electron chi connectivity index (χ2n) is 7.53. The molecule has 2 fully saturated rings. The average Bonchev–Trinajstić information content (AvgIpc) is 3.45. The van der Waals surface area contributed by atoms with Crippen molar-refractivity contribution in [2.75, 3.05) is 13.2 Å². The fourth-order valence-corrected chi connectivity index (χ4v) is 4.11. The molecule has 1 aromatic carbocycles. The van der Waals surface area contributed by atoms with Crippen LogP contribution in [-0.2, 0) is 14.3 Å². The van der Waals surface area contributed by atoms with Gasteiger partial charge in [-0.3, -0.25) is 9.59 Å². The number of aromatic nitrogens is 2. The van der Waals surface area contributed by atoms with E-state index >= 15 is 0 Å². The molecule has 0 spiro atoms. The average molecular weight is 394 g/mol. The van der Waals surface area contributed by atoms with Gasteiger partial charge in [-0.2, -0.15) is 5.26 Å². The molecular formula is C21H22N4O4. The molecule has 2 aromatic rings. The van der Waals surface area contributed by atoms with Crippen LogP contribution in [0.2, 0.25) is 0 Å². The predicted octanol–water partition coefficient (Wildman–Crippen LogP) is 2.69. The molecular weight excluding hydrogens is 372 g/mol. The zero-order valence-electron chi connectivity index (χ0n) is 15.9. The number of fused-ring (bicyclic) bond motifs is 1. The zero-order valence-corrected chi connectivity index (χ0v) is 15.9. The standard InChI is InChI=1S/C21H22N4O4/c22-10-15(20-23-16-7-3-4-8-17(16)24-20)18(26)12-29-21(28)13-9-19(27)25(11-13)14-5-1-2-6-14/h3-4,7-8,13-14,26H,1-2,5-6,9,11-12H2,(H,23,24)/b18-15-/t13-/m1/s1. The van der Waals surface area contributed by atoms with E-state index in [1.807, 2.05) is 24.3 Å². The summed E-state index contributed by atoms with van der Waals surface area (Å²) in [5, 5.41) is 19.7. The molecule has 1 aromatic heterocycles. The number of esters is 1. The van der Waals surface area contributed by atoms with Gasteiger partial charge in [-0.05, 0) is 25.0 Å². The Bertz CT molecular complexity index is 980. The number of amides is 1. The molecule has 1 aliphatic carbocycles. The molecule has 1 saturated carbocycles. The number of nitriles is 1. The minimum Gasteiger partial charge on any atom is -0.507 e. The molecule has 0 unspecified atom stereocenters. The number of carbonyl (C=O) groups is 2. The van der Waals surface area contributed by atoms with Gasteiger partial charge in [-0.1, -0.05) is 25.0 Å². The van der Waals surface area contributed by atoms with Crippen LogP contribution in [0.3, 0.4) is 0 Å². The van der Waals surface area contributed by atoms with E-state index in [-0.39, 0.29) is 35.5 Å². The van der Waals surface area contributed by atoms with Crippen molar-refractivity contribution in [1.29, 1.82) is 5.26 Å². The van der Waals surface area contributed by atoms with Crippen LogP contribution in [-0.4, -0.2) is 51.0 Å². The summed E-state index contributed by atoms with van der Waals surface area (Å²) in [5.74, 6) is -1.25. The number of hydrogen-bond donors (Lipinski definition) is 2. The highest BCUT2D eigenvalue weighted by Crippen LogP contribution is 2.30. The molecule has 2 heterocycles. The minimum absolute atomic E-state index is 0.0152. The van der Waals surface area contributed by atoms with E-state index in [2.05, 4.69) is 9.97 Å². The van der Waals surface area contributed by atoms with Crippen molar-refractivity contribution >= 4 is 28.5 Å². The Morgan fingerprint density at radius 2 is 2.10 bits per heavy atom. The molecule has 1 aliphatic heterocycles. The van der Waals surface area contributed by atoms with Crippen LogP contribution in [0.15, 0.2) is 30.0 Å². The van der Waals surface area contributed by atoms with Gasteiger partial charge >= 0.3 is 5.97 Å². The maximum atomic E-state index is 12.4. The zero-order chi connectivity index (χ0) is 20.4. The Balaban J connectivity index is 1.41. The van der Waals surface area contributed by atoms with E-state index < -0.39 is 18.5 Å². The molecule has 2 aliphatic rings. The van der Waals surface area contributed by atoms with Crippen molar-refractivity contribution in [3.63, 3.8) is 0 Å². The van der Waals surface area contributed by atoms with E-state index in [0.29, 0.717) is 12.1 Å². The first-order valence-electron chi connectivity index (χ1n) is 9.80. The second-order valence-corrected chi connectivity index (χ2v) is 7.53. The van der Waals surface area contributed by atoms with Crippen LogP contribution < -0.4 is 0 Å². The summed E-state index contributed by atoms with van der Waals surface area (Å²) in [5.41, 5.74) is 1.32. The molecule has 29 heavy (non-hydrogen) atoms. The Hall–Kier alpha value is -3.34. The fraction of sp³-hybridized carbons (Fsp3) is 0.429. The number of nitrogens with one attached hydrogen (secondary N) is 1. The number of allylic oxidation sites excluding steroid dienone is 1. The van der Waals surface area contributed by atoms with Crippen LogP contribution in [0, 0.1) is 17.2 Å². The van der Waals surface area contributed by atoms with Gasteiger partial charge in [0.2, 0.25) is 5.91 Å². The van der Waals surface area contributed by atoms with Gasteiger partial charge in [0.15, 0.2) is 11.6 Å². The minimum atomic E-state index is -0.535. The van der Waals surface area contributed by atoms with Crippen LogP contribution in [0.4, 0.5) is 0 Å². The van der Waals surface area contributed by atoms with E-state index in [4.69, 9.17) is 4.74 Å². The predicted molar refractivity (Wildman–Crippen MR) is 104 cm³/mol. The lowest BCUT2D eigenvalue weighted by Crippen LogP contribution is -2.35. The van der Waals surface area contributed by atoms with Crippen LogP contribution in [0.1, 0.15) is 37.9 Å². The quantitative estimate of drug-likeness (QED) is 0.457. The molecule has 0 bridgehead atoms. The molecule has 1 atom stereocenters. The van der Waals surface area contributed by atoms with Crippen LogP contribution >= 0.6 is 0 Å². The molecule has 1 amide bonds. The third-order valence-electron chi connectivity index (χ3n) is 5.63. The Kier molecular flexibility index (Phi) is 5.21. The van der Waals surface area contributed by atoms with Crippen molar-refractivity contribution < 1.29 is 19.4 Å². The summed E-state index contributed by atoms with van der Waals surface area (Å²) >= 11 is 0. The van der Waals surface area contributed by atoms with Crippen molar-refractivity contribution in [2.45, 2.75) is 38.1 Å². The monoisotopic (exact) mass is 394 g/mol. The highest BCUT2D eigenvalue weighted by molar-refractivity contribution is 5.87. The van der Waals surface area contributed by atoms with E-state index in [1.165, 1.54) is 0 Å². The Labute approximate surface area is 167 Å². The summed E-state index contributed by atoms with van der Waals surface area (Å²) in [6.45, 7) is -0.0750. The molecule has 1 saturated heterocycles.